The first-order valence-electron chi connectivity index (χ1n) is 8.02. The maximum atomic E-state index is 6.02. The van der Waals surface area contributed by atoms with E-state index >= 15 is 0 Å². The highest BCUT2D eigenvalue weighted by Crippen LogP contribution is 2.28. The second-order valence-corrected chi connectivity index (χ2v) is 5.86. The molecule has 0 saturated heterocycles. The summed E-state index contributed by atoms with van der Waals surface area (Å²) in [6, 6.07) is 24.6. The molecule has 0 radical (unpaired) electrons. The van der Waals surface area contributed by atoms with Gasteiger partial charge < -0.3 is 4.74 Å². The topological polar surface area (TPSA) is 27.1 Å². The molecule has 0 aliphatic heterocycles. The first kappa shape index (κ1) is 14.5. The summed E-state index contributed by atoms with van der Waals surface area (Å²) >= 11 is 0. The zero-order chi connectivity index (χ0) is 16.4. The third-order valence-corrected chi connectivity index (χ3v) is 4.09. The third kappa shape index (κ3) is 2.76. The van der Waals surface area contributed by atoms with Gasteiger partial charge in [-0.25, -0.2) is 4.68 Å². The van der Waals surface area contributed by atoms with Gasteiger partial charge in [0.25, 0.3) is 0 Å². The van der Waals surface area contributed by atoms with E-state index in [0.29, 0.717) is 6.61 Å². The van der Waals surface area contributed by atoms with Crippen molar-refractivity contribution in [3.05, 3.63) is 90.1 Å². The molecule has 118 valence electrons. The van der Waals surface area contributed by atoms with Gasteiger partial charge in [-0.1, -0.05) is 54.1 Å². The highest BCUT2D eigenvalue weighted by molar-refractivity contribution is 5.86. The van der Waals surface area contributed by atoms with Crippen LogP contribution in [-0.4, -0.2) is 9.78 Å². The van der Waals surface area contributed by atoms with Gasteiger partial charge in [-0.3, -0.25) is 0 Å². The average molecular weight is 314 g/mol. The highest BCUT2D eigenvalue weighted by atomic mass is 16.5. The van der Waals surface area contributed by atoms with Crippen LogP contribution in [0, 0.1) is 6.92 Å². The Labute approximate surface area is 141 Å². The Balaban J connectivity index is 1.67. The van der Waals surface area contributed by atoms with E-state index in [9.17, 15) is 0 Å². The molecule has 3 heteroatoms. The van der Waals surface area contributed by atoms with Gasteiger partial charge in [-0.15, -0.1) is 0 Å². The maximum absolute atomic E-state index is 6.02. The van der Waals surface area contributed by atoms with E-state index in [0.717, 1.165) is 27.9 Å². The van der Waals surface area contributed by atoms with Gasteiger partial charge in [0.15, 0.2) is 0 Å². The monoisotopic (exact) mass is 314 g/mol. The lowest BCUT2D eigenvalue weighted by atomic mass is 10.2. The number of aryl methyl sites for hydroxylation is 1. The Hall–Kier alpha value is -3.07. The lowest BCUT2D eigenvalue weighted by Crippen LogP contribution is -1.97. The zero-order valence-electron chi connectivity index (χ0n) is 13.5. The van der Waals surface area contributed by atoms with E-state index in [2.05, 4.69) is 54.5 Å². The van der Waals surface area contributed by atoms with Gasteiger partial charge in [0, 0.05) is 0 Å². The molecule has 0 bridgehead atoms. The summed E-state index contributed by atoms with van der Waals surface area (Å²) in [6.45, 7) is 2.64. The van der Waals surface area contributed by atoms with Crippen LogP contribution in [0.2, 0.25) is 0 Å². The minimum atomic E-state index is 0.551. The summed E-state index contributed by atoms with van der Waals surface area (Å²) in [6.07, 6.45) is 1.87. The zero-order valence-corrected chi connectivity index (χ0v) is 13.5. The van der Waals surface area contributed by atoms with Gasteiger partial charge in [0.2, 0.25) is 0 Å². The Morgan fingerprint density at radius 3 is 2.46 bits per heavy atom. The highest BCUT2D eigenvalue weighted by Gasteiger charge is 2.09. The molecule has 0 unspecified atom stereocenters. The number of hydrogen-bond donors (Lipinski definition) is 0. The van der Waals surface area contributed by atoms with Crippen LogP contribution in [0.3, 0.4) is 0 Å². The molecule has 1 heterocycles. The van der Waals surface area contributed by atoms with Crippen molar-refractivity contribution in [2.45, 2.75) is 13.5 Å². The fourth-order valence-corrected chi connectivity index (χ4v) is 2.78. The molecule has 0 aliphatic rings. The van der Waals surface area contributed by atoms with Gasteiger partial charge in [0.1, 0.15) is 12.4 Å². The van der Waals surface area contributed by atoms with Crippen molar-refractivity contribution < 1.29 is 4.74 Å². The Bertz CT molecular complexity index is 956. The van der Waals surface area contributed by atoms with Crippen LogP contribution in [0.1, 0.15) is 11.1 Å². The van der Waals surface area contributed by atoms with Crippen molar-refractivity contribution in [3.8, 4) is 11.4 Å². The van der Waals surface area contributed by atoms with Crippen LogP contribution >= 0.6 is 0 Å². The second kappa shape index (κ2) is 6.20. The van der Waals surface area contributed by atoms with Crippen LogP contribution in [0.4, 0.5) is 0 Å². The molecule has 0 saturated carbocycles. The summed E-state index contributed by atoms with van der Waals surface area (Å²) in [7, 11) is 0. The number of nitrogens with zero attached hydrogens (tertiary/aromatic N) is 2. The summed E-state index contributed by atoms with van der Waals surface area (Å²) in [5.41, 5.74) is 4.49. The standard InChI is InChI=1S/C21H18N2O/c1-16-10-12-18(13-11-16)23-20-8-5-9-21(19(20)14-22-23)24-15-17-6-3-2-4-7-17/h2-14H,15H2,1H3. The Morgan fingerprint density at radius 1 is 0.875 bits per heavy atom. The SMILES string of the molecule is Cc1ccc(-n2ncc3c(OCc4ccccc4)cccc32)cc1. The number of rotatable bonds is 4. The largest absolute Gasteiger partial charge is 0.488 e. The lowest BCUT2D eigenvalue weighted by Gasteiger charge is -2.08. The van der Waals surface area contributed by atoms with Gasteiger partial charge in [-0.2, -0.15) is 5.10 Å². The Morgan fingerprint density at radius 2 is 1.67 bits per heavy atom. The fourth-order valence-electron chi connectivity index (χ4n) is 2.78. The first-order chi connectivity index (χ1) is 11.8. The molecular formula is C21H18N2O. The van der Waals surface area contributed by atoms with E-state index in [-0.39, 0.29) is 0 Å². The molecule has 24 heavy (non-hydrogen) atoms. The smallest absolute Gasteiger partial charge is 0.130 e. The molecule has 0 N–H and O–H groups in total. The van der Waals surface area contributed by atoms with E-state index < -0.39 is 0 Å². The minimum absolute atomic E-state index is 0.551. The quantitative estimate of drug-likeness (QED) is 0.535. The fraction of sp³-hybridized carbons (Fsp3) is 0.0952. The van der Waals surface area contributed by atoms with Crippen molar-refractivity contribution in [2.24, 2.45) is 0 Å². The number of fused-ring (bicyclic) bond motifs is 1. The van der Waals surface area contributed by atoms with Crippen molar-refractivity contribution in [1.82, 2.24) is 9.78 Å². The molecule has 0 spiro atoms. The number of hydrogen-bond acceptors (Lipinski definition) is 2. The molecular weight excluding hydrogens is 296 g/mol. The Kier molecular flexibility index (Phi) is 3.75. The molecule has 4 rings (SSSR count). The van der Waals surface area contributed by atoms with E-state index in [4.69, 9.17) is 4.74 Å². The molecule has 3 nitrogen and oxygen atoms in total. The van der Waals surface area contributed by atoms with Gasteiger partial charge >= 0.3 is 0 Å². The van der Waals surface area contributed by atoms with Gasteiger partial charge in [-0.05, 0) is 36.8 Å². The lowest BCUT2D eigenvalue weighted by molar-refractivity contribution is 0.310. The van der Waals surface area contributed by atoms with Crippen molar-refractivity contribution in [2.75, 3.05) is 0 Å². The predicted molar refractivity (Wildman–Crippen MR) is 96.6 cm³/mol. The van der Waals surface area contributed by atoms with Crippen LogP contribution in [0.5, 0.6) is 5.75 Å². The molecule has 3 aromatic carbocycles. The normalized spacial score (nSPS) is 10.9. The summed E-state index contributed by atoms with van der Waals surface area (Å²) < 4.78 is 7.97. The van der Waals surface area contributed by atoms with Gasteiger partial charge in [0.05, 0.1) is 22.8 Å². The molecule has 1 aromatic heterocycles. The molecule has 0 aliphatic carbocycles. The number of benzene rings is 3. The summed E-state index contributed by atoms with van der Waals surface area (Å²) in [5.74, 6) is 0.856. The molecule has 0 atom stereocenters. The van der Waals surface area contributed by atoms with Crippen LogP contribution < -0.4 is 4.74 Å². The first-order valence-corrected chi connectivity index (χ1v) is 8.02. The summed E-state index contributed by atoms with van der Waals surface area (Å²) in [5, 5.41) is 5.57. The predicted octanol–water partition coefficient (Wildman–Crippen LogP) is 4.91. The van der Waals surface area contributed by atoms with Crippen molar-refractivity contribution >= 4 is 10.9 Å². The third-order valence-electron chi connectivity index (χ3n) is 4.09. The molecule has 4 aromatic rings. The average Bonchev–Trinajstić information content (AvgIpc) is 3.06. The number of aromatic nitrogens is 2. The van der Waals surface area contributed by atoms with E-state index in [1.165, 1.54) is 5.56 Å². The molecule has 0 fully saturated rings. The van der Waals surface area contributed by atoms with E-state index in [1.54, 1.807) is 0 Å². The second-order valence-electron chi connectivity index (χ2n) is 5.86. The minimum Gasteiger partial charge on any atom is -0.488 e. The van der Waals surface area contributed by atoms with E-state index in [1.807, 2.05) is 41.2 Å². The summed E-state index contributed by atoms with van der Waals surface area (Å²) in [4.78, 5) is 0. The molecule has 0 amide bonds. The van der Waals surface area contributed by atoms with Crippen molar-refractivity contribution in [1.29, 1.82) is 0 Å². The van der Waals surface area contributed by atoms with Crippen LogP contribution in [0.25, 0.3) is 16.6 Å². The van der Waals surface area contributed by atoms with Crippen LogP contribution in [0.15, 0.2) is 79.0 Å². The van der Waals surface area contributed by atoms with Crippen molar-refractivity contribution in [3.63, 3.8) is 0 Å². The maximum Gasteiger partial charge on any atom is 0.130 e. The van der Waals surface area contributed by atoms with Crippen LogP contribution in [-0.2, 0) is 6.61 Å². The number of ether oxygens (including phenoxy) is 1.